The van der Waals surface area contributed by atoms with E-state index in [2.05, 4.69) is 15.5 Å². The van der Waals surface area contributed by atoms with Crippen molar-refractivity contribution in [1.82, 2.24) is 14.8 Å². The van der Waals surface area contributed by atoms with Gasteiger partial charge in [-0.2, -0.15) is 13.2 Å². The highest BCUT2D eigenvalue weighted by Crippen LogP contribution is 2.33. The topological polar surface area (TPSA) is 78.3 Å². The molecule has 3 rings (SSSR count). The summed E-state index contributed by atoms with van der Waals surface area (Å²) in [5.74, 6) is 1.55. The highest BCUT2D eigenvalue weighted by molar-refractivity contribution is 8.00. The zero-order valence-electron chi connectivity index (χ0n) is 20.7. The van der Waals surface area contributed by atoms with E-state index in [1.807, 2.05) is 37.5 Å². The highest BCUT2D eigenvalue weighted by atomic mass is 32.2. The Morgan fingerprint density at radius 1 is 1.06 bits per heavy atom. The first-order valence-electron chi connectivity index (χ1n) is 11.4. The molecule has 0 aliphatic heterocycles. The van der Waals surface area contributed by atoms with Crippen LogP contribution in [-0.4, -0.2) is 33.0 Å². The lowest BCUT2D eigenvalue weighted by Crippen LogP contribution is -2.23. The predicted octanol–water partition coefficient (Wildman–Crippen LogP) is 6.22. The molecular formula is C25H29F3N4O3S. The van der Waals surface area contributed by atoms with Crippen molar-refractivity contribution in [2.24, 2.45) is 5.92 Å². The number of alkyl halides is 3. The maximum absolute atomic E-state index is 13.0. The Morgan fingerprint density at radius 2 is 1.75 bits per heavy atom. The fraction of sp³-hybridized carbons (Fsp3) is 0.400. The second-order valence-corrected chi connectivity index (χ2v) is 9.89. The van der Waals surface area contributed by atoms with Crippen LogP contribution in [0.2, 0.25) is 0 Å². The van der Waals surface area contributed by atoms with E-state index < -0.39 is 29.0 Å². The third kappa shape index (κ3) is 6.93. The molecule has 0 spiro atoms. The van der Waals surface area contributed by atoms with Gasteiger partial charge in [0.1, 0.15) is 0 Å². The van der Waals surface area contributed by atoms with Crippen LogP contribution in [0.15, 0.2) is 53.7 Å². The molecule has 2 aromatic carbocycles. The van der Waals surface area contributed by atoms with Gasteiger partial charge in [-0.25, -0.2) is 0 Å². The van der Waals surface area contributed by atoms with E-state index in [4.69, 9.17) is 9.47 Å². The van der Waals surface area contributed by atoms with E-state index in [0.717, 1.165) is 12.1 Å². The van der Waals surface area contributed by atoms with Crippen molar-refractivity contribution < 1.29 is 27.4 Å². The number of hydrogen-bond acceptors (Lipinski definition) is 6. The number of thioether (sulfide) groups is 1. The number of nitrogens with one attached hydrogen (secondary N) is 1. The summed E-state index contributed by atoms with van der Waals surface area (Å²) in [6, 6.07) is 11.8. The van der Waals surface area contributed by atoms with Gasteiger partial charge in [0.2, 0.25) is 5.91 Å². The molecule has 0 bridgehead atoms. The lowest BCUT2D eigenvalue weighted by atomic mass is 10.2. The van der Waals surface area contributed by atoms with Crippen LogP contribution in [0.25, 0.3) is 0 Å². The summed E-state index contributed by atoms with van der Waals surface area (Å²) in [4.78, 5) is 12.8. The first-order valence-corrected chi connectivity index (χ1v) is 12.2. The number of rotatable bonds is 10. The Balaban J connectivity index is 1.77. The summed E-state index contributed by atoms with van der Waals surface area (Å²) < 4.78 is 52.3. The summed E-state index contributed by atoms with van der Waals surface area (Å²) in [6.07, 6.45) is -4.95. The van der Waals surface area contributed by atoms with Crippen LogP contribution in [0.4, 0.5) is 18.9 Å². The minimum Gasteiger partial charge on any atom is -0.493 e. The van der Waals surface area contributed by atoms with Gasteiger partial charge in [-0.3, -0.25) is 4.79 Å². The van der Waals surface area contributed by atoms with Crippen molar-refractivity contribution in [1.29, 1.82) is 0 Å². The lowest BCUT2D eigenvalue weighted by molar-refractivity contribution is -0.137. The summed E-state index contributed by atoms with van der Waals surface area (Å²) in [5, 5.41) is 11.0. The Kier molecular flexibility index (Phi) is 8.89. The molecular weight excluding hydrogens is 493 g/mol. The summed E-state index contributed by atoms with van der Waals surface area (Å²) in [6.45, 7) is 8.20. The second kappa shape index (κ2) is 11.7. The monoisotopic (exact) mass is 522 g/mol. The molecule has 1 aromatic heterocycles. The number of ether oxygens (including phenoxy) is 2. The van der Waals surface area contributed by atoms with Gasteiger partial charge in [0.15, 0.2) is 28.6 Å². The normalized spacial score (nSPS) is 13.4. The summed E-state index contributed by atoms with van der Waals surface area (Å²) >= 11 is 1.18. The first kappa shape index (κ1) is 27.4. The standard InChI is InChI=1S/C25H29F3N4O3S/c1-15(2)14-32-22(16(3)35-21-12-7-6-11-20(21)34-5)30-31-24(32)36-17(4)23(33)29-19-10-8-9-18(13-19)25(26,27)28/h6-13,15-17H,14H2,1-5H3,(H,29,33). The zero-order valence-corrected chi connectivity index (χ0v) is 21.5. The SMILES string of the molecule is COc1ccccc1OC(C)c1nnc(SC(C)C(=O)Nc2cccc(C(F)(F)F)c2)n1CC(C)C. The second-order valence-electron chi connectivity index (χ2n) is 8.58. The number of methoxy groups -OCH3 is 1. The van der Waals surface area contributed by atoms with Crippen LogP contribution in [0, 0.1) is 5.92 Å². The number of amides is 1. The van der Waals surface area contributed by atoms with E-state index in [-0.39, 0.29) is 11.6 Å². The predicted molar refractivity (Wildman–Crippen MR) is 132 cm³/mol. The Morgan fingerprint density at radius 3 is 2.39 bits per heavy atom. The van der Waals surface area contributed by atoms with Crippen LogP contribution in [0.5, 0.6) is 11.5 Å². The van der Waals surface area contributed by atoms with Crippen molar-refractivity contribution in [3.8, 4) is 11.5 Å². The zero-order chi connectivity index (χ0) is 26.5. The molecule has 1 heterocycles. The Labute approximate surface area is 212 Å². The third-order valence-corrected chi connectivity index (χ3v) is 6.22. The van der Waals surface area contributed by atoms with Crippen LogP contribution >= 0.6 is 11.8 Å². The van der Waals surface area contributed by atoms with Gasteiger partial charge < -0.3 is 19.4 Å². The van der Waals surface area contributed by atoms with Crippen LogP contribution in [0.1, 0.15) is 45.2 Å². The molecule has 1 amide bonds. The summed E-state index contributed by atoms with van der Waals surface area (Å²) in [7, 11) is 1.56. The molecule has 7 nitrogen and oxygen atoms in total. The number of nitrogens with zero attached hydrogens (tertiary/aromatic N) is 3. The van der Waals surface area contributed by atoms with Gasteiger partial charge in [0.05, 0.1) is 17.9 Å². The molecule has 0 aliphatic carbocycles. The van der Waals surface area contributed by atoms with Crippen molar-refractivity contribution in [3.05, 3.63) is 59.9 Å². The maximum atomic E-state index is 13.0. The van der Waals surface area contributed by atoms with Gasteiger partial charge >= 0.3 is 6.18 Å². The molecule has 11 heteroatoms. The molecule has 36 heavy (non-hydrogen) atoms. The van der Waals surface area contributed by atoms with Gasteiger partial charge in [-0.15, -0.1) is 10.2 Å². The Bertz CT molecular complexity index is 1180. The highest BCUT2D eigenvalue weighted by Gasteiger charge is 2.31. The van der Waals surface area contributed by atoms with Gasteiger partial charge in [0, 0.05) is 12.2 Å². The number of anilines is 1. The van der Waals surface area contributed by atoms with Crippen LogP contribution in [-0.2, 0) is 17.5 Å². The van der Waals surface area contributed by atoms with E-state index in [1.165, 1.54) is 23.9 Å². The summed E-state index contributed by atoms with van der Waals surface area (Å²) in [5.41, 5.74) is -0.753. The first-order chi connectivity index (χ1) is 17.0. The molecule has 0 aliphatic rings. The average molecular weight is 523 g/mol. The van der Waals surface area contributed by atoms with Crippen molar-refractivity contribution in [2.75, 3.05) is 12.4 Å². The van der Waals surface area contributed by atoms with E-state index in [9.17, 15) is 18.0 Å². The number of benzene rings is 2. The van der Waals surface area contributed by atoms with Crippen molar-refractivity contribution in [3.63, 3.8) is 0 Å². The fourth-order valence-electron chi connectivity index (χ4n) is 3.41. The Hall–Kier alpha value is -3.21. The number of para-hydroxylation sites is 2. The van der Waals surface area contributed by atoms with Crippen LogP contribution < -0.4 is 14.8 Å². The molecule has 0 radical (unpaired) electrons. The van der Waals surface area contributed by atoms with Crippen molar-refractivity contribution in [2.45, 2.75) is 56.9 Å². The molecule has 1 N–H and O–H groups in total. The van der Waals surface area contributed by atoms with Gasteiger partial charge in [-0.1, -0.05) is 43.8 Å². The number of halogens is 3. The van der Waals surface area contributed by atoms with Crippen LogP contribution in [0.3, 0.4) is 0 Å². The third-order valence-electron chi connectivity index (χ3n) is 5.14. The maximum Gasteiger partial charge on any atom is 0.416 e. The van der Waals surface area contributed by atoms with Crippen molar-refractivity contribution >= 4 is 23.4 Å². The smallest absolute Gasteiger partial charge is 0.416 e. The van der Waals surface area contributed by atoms with Gasteiger partial charge in [0.25, 0.3) is 0 Å². The molecule has 0 fully saturated rings. The largest absolute Gasteiger partial charge is 0.493 e. The molecule has 2 atom stereocenters. The average Bonchev–Trinajstić information content (AvgIpc) is 3.20. The minimum absolute atomic E-state index is 0.0745. The minimum atomic E-state index is -4.49. The molecule has 194 valence electrons. The van der Waals surface area contributed by atoms with E-state index in [0.29, 0.717) is 29.0 Å². The molecule has 2 unspecified atom stereocenters. The fourth-order valence-corrected chi connectivity index (χ4v) is 4.28. The van der Waals surface area contributed by atoms with E-state index in [1.54, 1.807) is 26.2 Å². The quantitative estimate of drug-likeness (QED) is 0.319. The van der Waals surface area contributed by atoms with E-state index >= 15 is 0 Å². The lowest BCUT2D eigenvalue weighted by Gasteiger charge is -2.19. The molecule has 0 saturated heterocycles. The number of hydrogen-bond donors (Lipinski definition) is 1. The number of carbonyl (C=O) groups excluding carboxylic acids is 1. The van der Waals surface area contributed by atoms with Gasteiger partial charge in [-0.05, 0) is 50.1 Å². The molecule has 0 saturated carbocycles. The number of carbonyl (C=O) groups is 1. The number of aromatic nitrogens is 3. The molecule has 3 aromatic rings.